The normalized spacial score (nSPS) is 15.8. The number of benzene rings is 2. The minimum atomic E-state index is -3.89. The maximum absolute atomic E-state index is 13.2. The topological polar surface area (TPSA) is 60.1 Å². The number of alkyl halides is 2. The summed E-state index contributed by atoms with van der Waals surface area (Å²) in [6.07, 6.45) is 2.37. The van der Waals surface area contributed by atoms with Gasteiger partial charge in [-0.3, -0.25) is 0 Å². The van der Waals surface area contributed by atoms with Gasteiger partial charge in [-0.05, 0) is 62.3 Å². The molecule has 0 atom stereocenters. The molecular formula is C27H30F2N4O2S. The van der Waals surface area contributed by atoms with E-state index in [4.69, 9.17) is 0 Å². The Hall–Kier alpha value is -3.04. The van der Waals surface area contributed by atoms with Crippen LogP contribution in [0.4, 0.5) is 8.78 Å². The molecule has 0 radical (unpaired) electrons. The number of hydrogen-bond donors (Lipinski definition) is 0. The fourth-order valence-electron chi connectivity index (χ4n) is 5.52. The molecule has 3 heterocycles. The zero-order valence-corrected chi connectivity index (χ0v) is 21.5. The van der Waals surface area contributed by atoms with Gasteiger partial charge >= 0.3 is 6.55 Å². The molecule has 0 N–H and O–H groups in total. The Morgan fingerprint density at radius 1 is 0.972 bits per heavy atom. The Morgan fingerprint density at radius 3 is 2.31 bits per heavy atom. The van der Waals surface area contributed by atoms with Crippen LogP contribution in [0.15, 0.2) is 59.6 Å². The number of halogens is 2. The lowest BCUT2D eigenvalue weighted by Gasteiger charge is -2.31. The molecule has 1 fully saturated rings. The largest absolute Gasteiger partial charge is 0.340 e. The lowest BCUT2D eigenvalue weighted by molar-refractivity contribution is 0.0541. The smallest absolute Gasteiger partial charge is 0.333 e. The molecule has 0 aliphatic carbocycles. The number of aromatic nitrogens is 3. The summed E-state index contributed by atoms with van der Waals surface area (Å²) in [5.74, 6) is 0.212. The number of aryl methyl sites for hydroxylation is 1. The lowest BCUT2D eigenvalue weighted by Crippen LogP contribution is -2.38. The maximum Gasteiger partial charge on any atom is 0.333 e. The van der Waals surface area contributed by atoms with Crippen molar-refractivity contribution in [1.29, 1.82) is 0 Å². The molecule has 0 saturated carbocycles. The number of nitrogens with zero attached hydrogens (tertiary/aromatic N) is 4. The molecular weight excluding hydrogens is 482 g/mol. The van der Waals surface area contributed by atoms with Crippen LogP contribution in [0.3, 0.4) is 0 Å². The van der Waals surface area contributed by atoms with E-state index in [1.807, 2.05) is 12.1 Å². The zero-order valence-electron chi connectivity index (χ0n) is 20.7. The predicted octanol–water partition coefficient (Wildman–Crippen LogP) is 5.77. The van der Waals surface area contributed by atoms with Crippen molar-refractivity contribution in [3.8, 4) is 0 Å². The highest BCUT2D eigenvalue weighted by Gasteiger charge is 2.34. The van der Waals surface area contributed by atoms with Gasteiger partial charge in [-0.15, -0.1) is 0 Å². The van der Waals surface area contributed by atoms with Gasteiger partial charge in [-0.25, -0.2) is 13.1 Å². The highest BCUT2D eigenvalue weighted by Crippen LogP contribution is 2.39. The summed E-state index contributed by atoms with van der Waals surface area (Å²) in [6, 6.07) is 16.8. The maximum atomic E-state index is 13.2. The summed E-state index contributed by atoms with van der Waals surface area (Å²) in [6.45, 7) is 4.22. The first kappa shape index (κ1) is 24.6. The average Bonchev–Trinajstić information content (AvgIpc) is 3.39. The predicted molar refractivity (Wildman–Crippen MR) is 136 cm³/mol. The summed E-state index contributed by atoms with van der Waals surface area (Å²) in [4.78, 5) is -0.146. The van der Waals surface area contributed by atoms with Gasteiger partial charge in [0.05, 0.1) is 11.9 Å². The monoisotopic (exact) mass is 512 g/mol. The van der Waals surface area contributed by atoms with E-state index in [1.165, 1.54) is 44.5 Å². The molecule has 0 unspecified atom stereocenters. The number of hydrogen-bond acceptors (Lipinski definition) is 3. The van der Waals surface area contributed by atoms with Crippen LogP contribution in [-0.2, 0) is 16.6 Å². The molecule has 0 spiro atoms. The van der Waals surface area contributed by atoms with Crippen LogP contribution in [0.5, 0.6) is 0 Å². The van der Waals surface area contributed by atoms with Gasteiger partial charge in [0, 0.05) is 36.2 Å². The van der Waals surface area contributed by atoms with Crippen molar-refractivity contribution in [3.05, 3.63) is 82.8 Å². The van der Waals surface area contributed by atoms with Crippen molar-refractivity contribution in [2.24, 2.45) is 0 Å². The molecule has 190 valence electrons. The minimum absolute atomic E-state index is 0.0396. The molecule has 2 aromatic carbocycles. The van der Waals surface area contributed by atoms with E-state index in [0.717, 1.165) is 12.7 Å². The lowest BCUT2D eigenvalue weighted by atomic mass is 9.88. The van der Waals surface area contributed by atoms with Gasteiger partial charge in [-0.1, -0.05) is 42.5 Å². The van der Waals surface area contributed by atoms with Crippen LogP contribution in [0.25, 0.3) is 10.9 Å². The summed E-state index contributed by atoms with van der Waals surface area (Å²) >= 11 is 0. The molecule has 4 aromatic rings. The van der Waals surface area contributed by atoms with Crippen molar-refractivity contribution in [3.63, 3.8) is 0 Å². The third kappa shape index (κ3) is 4.14. The fraction of sp³-hybridized carbons (Fsp3) is 0.370. The van der Waals surface area contributed by atoms with E-state index >= 15 is 0 Å². The van der Waals surface area contributed by atoms with Crippen molar-refractivity contribution in [1.82, 2.24) is 18.7 Å². The highest BCUT2D eigenvalue weighted by atomic mass is 32.2. The fourth-order valence-corrected chi connectivity index (χ4v) is 7.13. The van der Waals surface area contributed by atoms with Gasteiger partial charge in [0.15, 0.2) is 0 Å². The van der Waals surface area contributed by atoms with Crippen LogP contribution >= 0.6 is 0 Å². The van der Waals surface area contributed by atoms with Crippen molar-refractivity contribution in [2.45, 2.75) is 57.5 Å². The Balaban J connectivity index is 1.42. The van der Waals surface area contributed by atoms with Crippen LogP contribution in [0.2, 0.25) is 0 Å². The Labute approximate surface area is 210 Å². The van der Waals surface area contributed by atoms with E-state index in [0.29, 0.717) is 30.6 Å². The van der Waals surface area contributed by atoms with Crippen LogP contribution in [0, 0.1) is 20.8 Å². The minimum Gasteiger partial charge on any atom is -0.340 e. The molecule has 0 amide bonds. The number of rotatable bonds is 6. The van der Waals surface area contributed by atoms with Crippen molar-refractivity contribution >= 4 is 20.9 Å². The second-order valence-corrected chi connectivity index (χ2v) is 11.4. The first-order valence-corrected chi connectivity index (χ1v) is 13.6. The summed E-state index contributed by atoms with van der Waals surface area (Å²) in [7, 11) is -3.89. The summed E-state index contributed by atoms with van der Waals surface area (Å²) in [5, 5.41) is 4.79. The molecule has 9 heteroatoms. The molecule has 0 bridgehead atoms. The van der Waals surface area contributed by atoms with Gasteiger partial charge in [-0.2, -0.15) is 18.2 Å². The van der Waals surface area contributed by atoms with Gasteiger partial charge in [0.25, 0.3) is 0 Å². The molecule has 1 saturated heterocycles. The average molecular weight is 513 g/mol. The van der Waals surface area contributed by atoms with E-state index in [1.54, 1.807) is 0 Å². The molecule has 6 nitrogen and oxygen atoms in total. The van der Waals surface area contributed by atoms with Crippen molar-refractivity contribution < 1.29 is 17.2 Å². The SMILES string of the molecule is Cc1ccccc1Cn1c(C)c(C2CCN(S(=O)(=O)c3cnn(C(F)F)c3C)CC2)c2ccccc21. The van der Waals surface area contributed by atoms with E-state index in [9.17, 15) is 17.2 Å². The quantitative estimate of drug-likeness (QED) is 0.329. The third-order valence-electron chi connectivity index (χ3n) is 7.53. The number of fused-ring (bicyclic) bond motifs is 1. The molecule has 1 aliphatic heterocycles. The highest BCUT2D eigenvalue weighted by molar-refractivity contribution is 7.89. The molecule has 5 rings (SSSR count). The number of para-hydroxylation sites is 1. The van der Waals surface area contributed by atoms with E-state index in [2.05, 4.69) is 59.9 Å². The molecule has 1 aliphatic rings. The summed E-state index contributed by atoms with van der Waals surface area (Å²) in [5.41, 5.74) is 6.14. The first-order chi connectivity index (χ1) is 17.2. The Kier molecular flexibility index (Phi) is 6.46. The molecule has 36 heavy (non-hydrogen) atoms. The third-order valence-corrected chi connectivity index (χ3v) is 9.54. The van der Waals surface area contributed by atoms with Crippen LogP contribution in [0.1, 0.15) is 53.4 Å². The van der Waals surface area contributed by atoms with Crippen LogP contribution < -0.4 is 0 Å². The van der Waals surface area contributed by atoms with Crippen molar-refractivity contribution in [2.75, 3.05) is 13.1 Å². The summed E-state index contributed by atoms with van der Waals surface area (Å²) < 4.78 is 56.9. The number of piperidine rings is 1. The Morgan fingerprint density at radius 2 is 1.64 bits per heavy atom. The van der Waals surface area contributed by atoms with Gasteiger partial charge in [0.2, 0.25) is 10.0 Å². The van der Waals surface area contributed by atoms with E-state index in [-0.39, 0.29) is 16.5 Å². The van der Waals surface area contributed by atoms with Crippen LogP contribution in [-0.4, -0.2) is 40.2 Å². The van der Waals surface area contributed by atoms with Gasteiger partial charge in [0.1, 0.15) is 4.90 Å². The second-order valence-electron chi connectivity index (χ2n) is 9.52. The standard InChI is InChI=1S/C27H30F2N4O2S/c1-18-8-4-5-9-22(18)17-32-20(3)26(23-10-6-7-11-24(23)32)21-12-14-31(15-13-21)36(34,35)25-16-30-33(19(25)2)27(28)29/h4-11,16,21,27H,12-15,17H2,1-3H3. The number of sulfonamides is 1. The van der Waals surface area contributed by atoms with E-state index < -0.39 is 16.6 Å². The first-order valence-electron chi connectivity index (χ1n) is 12.1. The zero-order chi connectivity index (χ0) is 25.6. The molecule has 2 aromatic heterocycles. The Bertz CT molecular complexity index is 1520. The van der Waals surface area contributed by atoms with Gasteiger partial charge < -0.3 is 4.57 Å². The second kappa shape index (κ2) is 9.44.